The minimum absolute atomic E-state index is 0.0227. The van der Waals surface area contributed by atoms with Gasteiger partial charge < -0.3 is 5.11 Å². The maximum atomic E-state index is 9.67. The molecule has 70 valence electrons. The maximum absolute atomic E-state index is 9.67. The highest BCUT2D eigenvalue weighted by Gasteiger charge is 2.09. The maximum Gasteiger partial charge on any atom is 0.142 e. The predicted molar refractivity (Wildman–Crippen MR) is 63.2 cm³/mol. The molecule has 0 aromatic heterocycles. The molecule has 0 spiro atoms. The van der Waals surface area contributed by atoms with Crippen LogP contribution in [0.1, 0.15) is 5.56 Å². The van der Waals surface area contributed by atoms with Crippen LogP contribution in [-0.2, 0) is 0 Å². The van der Waals surface area contributed by atoms with Gasteiger partial charge in [-0.15, -0.1) is 12.6 Å². The van der Waals surface area contributed by atoms with Crippen molar-refractivity contribution in [1.82, 2.24) is 0 Å². The van der Waals surface area contributed by atoms with E-state index in [1.165, 1.54) is 0 Å². The van der Waals surface area contributed by atoms with E-state index in [9.17, 15) is 5.11 Å². The average Bonchev–Trinajstić information content (AvgIpc) is 2.19. The lowest BCUT2D eigenvalue weighted by atomic mass is 10.1. The largest absolute Gasteiger partial charge is 0.506 e. The second-order valence-corrected chi connectivity index (χ2v) is 3.66. The Bertz CT molecular complexity index is 417. The van der Waals surface area contributed by atoms with E-state index >= 15 is 0 Å². The molecule has 0 radical (unpaired) electrons. The summed E-state index contributed by atoms with van der Waals surface area (Å²) in [5.74, 6) is -0.131. The van der Waals surface area contributed by atoms with E-state index < -0.39 is 0 Å². The number of hydrogen-bond acceptors (Lipinski definition) is 3. The van der Waals surface area contributed by atoms with E-state index in [1.807, 2.05) is 12.1 Å². The van der Waals surface area contributed by atoms with Gasteiger partial charge in [0.1, 0.15) is 17.4 Å². The van der Waals surface area contributed by atoms with E-state index in [4.69, 9.17) is 17.5 Å². The van der Waals surface area contributed by atoms with Crippen LogP contribution in [0.15, 0.2) is 35.9 Å². The SMILES string of the molecule is N#C/C(C(=S)S)=C(/O)c1ccccc1. The van der Waals surface area contributed by atoms with Crippen LogP contribution < -0.4 is 0 Å². The third-order valence-electron chi connectivity index (χ3n) is 1.61. The van der Waals surface area contributed by atoms with Crippen LogP contribution >= 0.6 is 24.8 Å². The topological polar surface area (TPSA) is 44.0 Å². The van der Waals surface area contributed by atoms with Crippen molar-refractivity contribution in [3.05, 3.63) is 41.5 Å². The molecule has 1 rings (SSSR count). The Hall–Kier alpha value is -1.31. The molecule has 4 heteroatoms. The summed E-state index contributed by atoms with van der Waals surface area (Å²) in [4.78, 5) is 0. The number of nitriles is 1. The standard InChI is InChI=1S/C10H7NOS2/c11-6-8(10(13)14)9(12)7-4-2-1-3-5-7/h1-5,12H,(H,13,14)/b9-8-. The molecule has 1 aromatic rings. The van der Waals surface area contributed by atoms with Gasteiger partial charge >= 0.3 is 0 Å². The summed E-state index contributed by atoms with van der Waals surface area (Å²) in [5, 5.41) is 18.4. The monoisotopic (exact) mass is 221 g/mol. The Labute approximate surface area is 92.9 Å². The van der Waals surface area contributed by atoms with Gasteiger partial charge in [0, 0.05) is 5.56 Å². The normalized spacial score (nSPS) is 11.4. The van der Waals surface area contributed by atoms with Gasteiger partial charge in [-0.3, -0.25) is 0 Å². The van der Waals surface area contributed by atoms with Crippen LogP contribution in [-0.4, -0.2) is 9.30 Å². The molecule has 0 aliphatic rings. The highest BCUT2D eigenvalue weighted by atomic mass is 32.1. The van der Waals surface area contributed by atoms with E-state index in [-0.39, 0.29) is 15.5 Å². The minimum Gasteiger partial charge on any atom is -0.506 e. The molecule has 0 fully saturated rings. The Morgan fingerprint density at radius 1 is 1.36 bits per heavy atom. The highest BCUT2D eigenvalue weighted by Crippen LogP contribution is 2.17. The Morgan fingerprint density at radius 2 is 1.93 bits per heavy atom. The fourth-order valence-corrected chi connectivity index (χ4v) is 1.24. The molecule has 1 N–H and O–H groups in total. The summed E-state index contributed by atoms with van der Waals surface area (Å²) in [6.45, 7) is 0. The van der Waals surface area contributed by atoms with Crippen molar-refractivity contribution in [3.8, 4) is 6.07 Å². The first-order valence-electron chi connectivity index (χ1n) is 3.79. The summed E-state index contributed by atoms with van der Waals surface area (Å²) in [6, 6.07) is 10.6. The van der Waals surface area contributed by atoms with Gasteiger partial charge in [0.05, 0.1) is 4.20 Å². The fraction of sp³-hybridized carbons (Fsp3) is 0. The van der Waals surface area contributed by atoms with Crippen LogP contribution in [0.5, 0.6) is 0 Å². The molecule has 0 aliphatic heterocycles. The summed E-state index contributed by atoms with van der Waals surface area (Å²) in [5.41, 5.74) is 0.579. The lowest BCUT2D eigenvalue weighted by Gasteiger charge is -2.01. The smallest absolute Gasteiger partial charge is 0.142 e. The molecule has 0 bridgehead atoms. The third-order valence-corrected chi connectivity index (χ3v) is 2.04. The summed E-state index contributed by atoms with van der Waals surface area (Å²) < 4.78 is 0.0915. The van der Waals surface area contributed by atoms with E-state index in [1.54, 1.807) is 24.3 Å². The lowest BCUT2D eigenvalue weighted by Crippen LogP contribution is -1.94. The van der Waals surface area contributed by atoms with Crippen LogP contribution in [0.3, 0.4) is 0 Å². The molecule has 0 unspecified atom stereocenters. The van der Waals surface area contributed by atoms with Gasteiger partial charge in [0.25, 0.3) is 0 Å². The molecule has 0 amide bonds. The van der Waals surface area contributed by atoms with Crippen LogP contribution in [0.2, 0.25) is 0 Å². The zero-order valence-corrected chi connectivity index (χ0v) is 8.85. The number of rotatable bonds is 2. The molecule has 1 aromatic carbocycles. The molecule has 0 saturated carbocycles. The second kappa shape index (κ2) is 4.80. The average molecular weight is 221 g/mol. The first-order chi connectivity index (χ1) is 6.66. The fourth-order valence-electron chi connectivity index (χ4n) is 0.942. The first-order valence-corrected chi connectivity index (χ1v) is 4.64. The minimum atomic E-state index is -0.131. The van der Waals surface area contributed by atoms with Gasteiger partial charge in [0.15, 0.2) is 0 Å². The summed E-state index contributed by atoms with van der Waals surface area (Å²) >= 11 is 8.57. The lowest BCUT2D eigenvalue weighted by molar-refractivity contribution is 0.510. The van der Waals surface area contributed by atoms with Crippen LogP contribution in [0.4, 0.5) is 0 Å². The molecule has 2 nitrogen and oxygen atoms in total. The van der Waals surface area contributed by atoms with E-state index in [2.05, 4.69) is 12.6 Å². The molecule has 14 heavy (non-hydrogen) atoms. The van der Waals surface area contributed by atoms with Crippen molar-refractivity contribution in [2.75, 3.05) is 0 Å². The van der Waals surface area contributed by atoms with Crippen LogP contribution in [0.25, 0.3) is 5.76 Å². The molecule has 0 atom stereocenters. The zero-order chi connectivity index (χ0) is 10.6. The summed E-state index contributed by atoms with van der Waals surface area (Å²) in [6.07, 6.45) is 0. The summed E-state index contributed by atoms with van der Waals surface area (Å²) in [7, 11) is 0. The van der Waals surface area contributed by atoms with Gasteiger partial charge in [-0.25, -0.2) is 0 Å². The van der Waals surface area contributed by atoms with Gasteiger partial charge in [-0.2, -0.15) is 5.26 Å². The van der Waals surface area contributed by atoms with Crippen LogP contribution in [0, 0.1) is 11.3 Å². The quantitative estimate of drug-likeness (QED) is 0.265. The van der Waals surface area contributed by atoms with Crippen molar-refractivity contribution >= 4 is 34.8 Å². The second-order valence-electron chi connectivity index (χ2n) is 2.51. The van der Waals surface area contributed by atoms with E-state index in [0.29, 0.717) is 5.56 Å². The number of thiol groups is 1. The van der Waals surface area contributed by atoms with Gasteiger partial charge in [0.2, 0.25) is 0 Å². The van der Waals surface area contributed by atoms with E-state index in [0.717, 1.165) is 0 Å². The van der Waals surface area contributed by atoms with Crippen molar-refractivity contribution in [3.63, 3.8) is 0 Å². The number of thiocarbonyl (C=S) groups is 1. The Kier molecular flexibility index (Phi) is 3.69. The number of aliphatic hydroxyl groups is 1. The molecule has 0 saturated heterocycles. The predicted octanol–water partition coefficient (Wildman–Crippen LogP) is 2.74. The molecular weight excluding hydrogens is 214 g/mol. The zero-order valence-electron chi connectivity index (χ0n) is 7.14. The molecule has 0 aliphatic carbocycles. The third kappa shape index (κ3) is 2.34. The Morgan fingerprint density at radius 3 is 2.36 bits per heavy atom. The molecule has 0 heterocycles. The van der Waals surface area contributed by atoms with Gasteiger partial charge in [-0.1, -0.05) is 42.5 Å². The number of benzene rings is 1. The Balaban J connectivity index is 3.23. The number of nitrogens with zero attached hydrogens (tertiary/aromatic N) is 1. The van der Waals surface area contributed by atoms with Gasteiger partial charge in [-0.05, 0) is 0 Å². The number of aliphatic hydroxyl groups excluding tert-OH is 1. The number of hydrogen-bond donors (Lipinski definition) is 2. The first kappa shape index (κ1) is 10.8. The molecular formula is C10H7NOS2. The highest BCUT2D eigenvalue weighted by molar-refractivity contribution is 8.11. The van der Waals surface area contributed by atoms with Crippen molar-refractivity contribution in [2.24, 2.45) is 0 Å². The van der Waals surface area contributed by atoms with Crippen molar-refractivity contribution in [1.29, 1.82) is 5.26 Å². The van der Waals surface area contributed by atoms with Crippen molar-refractivity contribution < 1.29 is 5.11 Å². The van der Waals surface area contributed by atoms with Crippen molar-refractivity contribution in [2.45, 2.75) is 0 Å².